The molecule has 0 bridgehead atoms. The number of aryl methyl sites for hydroxylation is 1. The molecule has 1 aromatic carbocycles. The van der Waals surface area contributed by atoms with Crippen LogP contribution in [0.5, 0.6) is 5.88 Å². The second kappa shape index (κ2) is 9.01. The van der Waals surface area contributed by atoms with E-state index in [-0.39, 0.29) is 12.8 Å². The maximum absolute atomic E-state index is 11.2. The van der Waals surface area contributed by atoms with Crippen LogP contribution in [-0.4, -0.2) is 54.8 Å². The number of ether oxygens (including phenoxy) is 4. The smallest absolute Gasteiger partial charge is 0.237 e. The molecule has 0 saturated carbocycles. The molecule has 0 saturated heterocycles. The van der Waals surface area contributed by atoms with E-state index in [0.29, 0.717) is 24.7 Å². The van der Waals surface area contributed by atoms with Crippen LogP contribution in [0.2, 0.25) is 0 Å². The van der Waals surface area contributed by atoms with Crippen LogP contribution in [0, 0.1) is 6.92 Å². The van der Waals surface area contributed by atoms with Crippen molar-refractivity contribution < 1.29 is 24.1 Å². The Bertz CT molecular complexity index is 991. The van der Waals surface area contributed by atoms with Gasteiger partial charge in [0.1, 0.15) is 12.2 Å². The van der Waals surface area contributed by atoms with Crippen LogP contribution >= 0.6 is 0 Å². The van der Waals surface area contributed by atoms with E-state index in [1.807, 2.05) is 53.9 Å². The lowest BCUT2D eigenvalue weighted by Crippen LogP contribution is -2.38. The number of pyridine rings is 1. The highest BCUT2D eigenvalue weighted by Crippen LogP contribution is 2.43. The van der Waals surface area contributed by atoms with Crippen LogP contribution in [0.25, 0.3) is 5.65 Å². The van der Waals surface area contributed by atoms with E-state index in [1.165, 1.54) is 0 Å². The Morgan fingerprint density at radius 1 is 1.10 bits per heavy atom. The second-order valence-corrected chi connectivity index (χ2v) is 7.20. The highest BCUT2D eigenvalue weighted by atomic mass is 16.7. The summed E-state index contributed by atoms with van der Waals surface area (Å²) >= 11 is 0. The summed E-state index contributed by atoms with van der Waals surface area (Å²) in [7, 11) is 3.20. The number of rotatable bonds is 8. The number of aliphatic hydroxyl groups excluding tert-OH is 1. The zero-order valence-corrected chi connectivity index (χ0v) is 17.4. The first kappa shape index (κ1) is 20.6. The summed E-state index contributed by atoms with van der Waals surface area (Å²) in [5, 5.41) is 14.7. The average Bonchev–Trinajstić information content (AvgIpc) is 3.10. The Morgan fingerprint density at radius 3 is 2.63 bits per heavy atom. The predicted octanol–water partition coefficient (Wildman–Crippen LogP) is 2.86. The summed E-state index contributed by atoms with van der Waals surface area (Å²) in [4.78, 5) is 4.68. The number of anilines is 1. The van der Waals surface area contributed by atoms with Crippen molar-refractivity contribution in [3.8, 4) is 5.88 Å². The predicted molar refractivity (Wildman–Crippen MR) is 112 cm³/mol. The van der Waals surface area contributed by atoms with Gasteiger partial charge >= 0.3 is 0 Å². The fourth-order valence-corrected chi connectivity index (χ4v) is 3.84. The minimum Gasteiger partial charge on any atom is -0.449 e. The summed E-state index contributed by atoms with van der Waals surface area (Å²) < 4.78 is 23.8. The quantitative estimate of drug-likeness (QED) is 0.434. The van der Waals surface area contributed by atoms with Crippen molar-refractivity contribution in [3.05, 3.63) is 59.4 Å². The summed E-state index contributed by atoms with van der Waals surface area (Å²) in [6.07, 6.45) is 0.617. The van der Waals surface area contributed by atoms with Gasteiger partial charge < -0.3 is 29.4 Å². The van der Waals surface area contributed by atoms with Crippen LogP contribution in [0.15, 0.2) is 42.6 Å². The zero-order valence-electron chi connectivity index (χ0n) is 17.4. The van der Waals surface area contributed by atoms with E-state index in [9.17, 15) is 5.11 Å². The van der Waals surface area contributed by atoms with Crippen LogP contribution in [0.4, 0.5) is 5.69 Å². The molecule has 2 aromatic heterocycles. The summed E-state index contributed by atoms with van der Waals surface area (Å²) in [5.74, 6) is 0.506. The van der Waals surface area contributed by atoms with Gasteiger partial charge in [0.25, 0.3) is 0 Å². The number of imidazole rings is 1. The third-order valence-corrected chi connectivity index (χ3v) is 5.34. The van der Waals surface area contributed by atoms with Crippen molar-refractivity contribution in [3.63, 3.8) is 0 Å². The van der Waals surface area contributed by atoms with Gasteiger partial charge in [-0.1, -0.05) is 30.3 Å². The molecule has 30 heavy (non-hydrogen) atoms. The molecule has 0 fully saturated rings. The van der Waals surface area contributed by atoms with Crippen molar-refractivity contribution in [1.82, 2.24) is 9.38 Å². The number of aromatic nitrogens is 2. The molecular formula is C22H27N3O5. The lowest BCUT2D eigenvalue weighted by Gasteiger charge is -2.38. The molecule has 0 aliphatic carbocycles. The van der Waals surface area contributed by atoms with Crippen molar-refractivity contribution in [2.24, 2.45) is 0 Å². The fraction of sp³-hybridized carbons (Fsp3) is 0.409. The van der Waals surface area contributed by atoms with Gasteiger partial charge in [-0.2, -0.15) is 4.98 Å². The van der Waals surface area contributed by atoms with Crippen molar-refractivity contribution in [1.29, 1.82) is 0 Å². The van der Waals surface area contributed by atoms with Gasteiger partial charge in [-0.3, -0.25) is 4.40 Å². The molecule has 3 atom stereocenters. The lowest BCUT2D eigenvalue weighted by molar-refractivity contribution is -0.0633. The van der Waals surface area contributed by atoms with E-state index in [2.05, 4.69) is 10.3 Å². The fourth-order valence-electron chi connectivity index (χ4n) is 3.84. The van der Waals surface area contributed by atoms with Crippen molar-refractivity contribution >= 4 is 11.3 Å². The van der Waals surface area contributed by atoms with Gasteiger partial charge in [0.15, 0.2) is 12.4 Å². The Morgan fingerprint density at radius 2 is 1.90 bits per heavy atom. The van der Waals surface area contributed by atoms with E-state index >= 15 is 0 Å². The van der Waals surface area contributed by atoms with Crippen LogP contribution in [0.1, 0.15) is 29.0 Å². The third kappa shape index (κ3) is 3.75. The normalized spacial score (nSPS) is 20.7. The minimum atomic E-state index is -0.778. The van der Waals surface area contributed by atoms with Crippen LogP contribution < -0.4 is 10.1 Å². The molecule has 4 rings (SSSR count). The van der Waals surface area contributed by atoms with Gasteiger partial charge in [0, 0.05) is 26.0 Å². The van der Waals surface area contributed by atoms with Gasteiger partial charge in [-0.15, -0.1) is 0 Å². The van der Waals surface area contributed by atoms with Gasteiger partial charge in [0.05, 0.1) is 30.6 Å². The maximum atomic E-state index is 11.2. The molecule has 8 nitrogen and oxygen atoms in total. The van der Waals surface area contributed by atoms with E-state index in [1.54, 1.807) is 14.2 Å². The highest BCUT2D eigenvalue weighted by molar-refractivity contribution is 5.75. The minimum absolute atomic E-state index is 0.119. The molecule has 0 spiro atoms. The second-order valence-electron chi connectivity index (χ2n) is 7.20. The molecule has 0 amide bonds. The Hall–Kier alpha value is -2.65. The van der Waals surface area contributed by atoms with Gasteiger partial charge in [-0.05, 0) is 18.6 Å². The number of nitrogens with one attached hydrogen (secondary N) is 1. The molecule has 0 radical (unpaired) electrons. The number of methoxy groups -OCH3 is 2. The number of hydrogen-bond donors (Lipinski definition) is 2. The molecule has 8 heteroatoms. The number of benzene rings is 1. The highest BCUT2D eigenvalue weighted by Gasteiger charge is 2.38. The van der Waals surface area contributed by atoms with Crippen LogP contribution in [-0.2, 0) is 14.2 Å². The summed E-state index contributed by atoms with van der Waals surface area (Å²) in [5.41, 5.74) is 4.21. The number of aliphatic hydroxyl groups is 1. The van der Waals surface area contributed by atoms with Gasteiger partial charge in [-0.25, -0.2) is 0 Å². The summed E-state index contributed by atoms with van der Waals surface area (Å²) in [6.45, 7) is 2.88. The third-order valence-electron chi connectivity index (χ3n) is 5.34. The Balaban J connectivity index is 1.80. The largest absolute Gasteiger partial charge is 0.449 e. The number of hydrogen-bond acceptors (Lipinski definition) is 7. The van der Waals surface area contributed by atoms with E-state index < -0.39 is 12.2 Å². The Labute approximate surface area is 175 Å². The number of fused-ring (bicyclic) bond motifs is 3. The standard InChI is InChI=1S/C22H27N3O5/c1-14-22(30-13-28-3)24-21-18-16(9-10-25(14)21)20(29-12-11-27-2)19(26)17(23-18)15-7-5-4-6-8-15/h4-10,17,19-20,23,26H,11-13H2,1-3H3/t17-,19-,20+/m1/s1. The average molecular weight is 413 g/mol. The first-order valence-electron chi connectivity index (χ1n) is 9.89. The molecular weight excluding hydrogens is 386 g/mol. The lowest BCUT2D eigenvalue weighted by atomic mass is 9.89. The maximum Gasteiger partial charge on any atom is 0.237 e. The summed E-state index contributed by atoms with van der Waals surface area (Å²) in [6, 6.07) is 11.4. The van der Waals surface area contributed by atoms with Crippen molar-refractivity contribution in [2.75, 3.05) is 39.5 Å². The zero-order chi connectivity index (χ0) is 21.1. The van der Waals surface area contributed by atoms with E-state index in [0.717, 1.165) is 22.5 Å². The van der Waals surface area contributed by atoms with Crippen LogP contribution in [0.3, 0.4) is 0 Å². The first-order chi connectivity index (χ1) is 14.7. The van der Waals surface area contributed by atoms with Crippen molar-refractivity contribution in [2.45, 2.75) is 25.2 Å². The SMILES string of the molecule is COCCO[C@H]1c2ccn3c(C)c(OCOC)nc3c2N[C@H](c2ccccc2)[C@H]1O. The van der Waals surface area contributed by atoms with Gasteiger partial charge in [0.2, 0.25) is 5.88 Å². The molecule has 1 aliphatic rings. The Kier molecular flexibility index (Phi) is 6.19. The monoisotopic (exact) mass is 413 g/mol. The van der Waals surface area contributed by atoms with E-state index in [4.69, 9.17) is 18.9 Å². The molecule has 2 N–H and O–H groups in total. The topological polar surface area (TPSA) is 86.5 Å². The number of nitrogens with zero attached hydrogens (tertiary/aromatic N) is 2. The molecule has 1 aliphatic heterocycles. The molecule has 3 heterocycles. The first-order valence-corrected chi connectivity index (χ1v) is 9.89. The molecule has 0 unspecified atom stereocenters. The molecule has 3 aromatic rings. The molecule has 160 valence electrons.